The average molecular weight is 239 g/mol. The standard InChI is InChI=1S/C13H17NO3/c1-3-10(14-4-2)13(15)9-5-6-11-12(7-9)17-8-16-11/h5-7,10,14H,3-4,8H2,1-2H3/i2D2,4D2. The molecular formula is C13H17NO3. The van der Waals surface area contributed by atoms with Crippen LogP contribution in [0.1, 0.15) is 36.1 Å². The number of benzene rings is 1. The minimum absolute atomic E-state index is 0.115. The van der Waals surface area contributed by atoms with Gasteiger partial charge in [-0.1, -0.05) is 13.8 Å². The lowest BCUT2D eigenvalue weighted by atomic mass is 10.0. The summed E-state index contributed by atoms with van der Waals surface area (Å²) in [5.74, 6) is 0.748. The SMILES string of the molecule is [2H]C([2H])C([2H])([2H])NC(CC)C(=O)c1ccc2c(c1)OCO2. The molecule has 1 aliphatic rings. The highest BCUT2D eigenvalue weighted by molar-refractivity contribution is 6.00. The molecule has 0 saturated heterocycles. The second-order valence-corrected chi connectivity index (χ2v) is 3.68. The molecule has 92 valence electrons. The van der Waals surface area contributed by atoms with Gasteiger partial charge in [0.15, 0.2) is 17.3 Å². The summed E-state index contributed by atoms with van der Waals surface area (Å²) in [6, 6.07) is 3.98. The van der Waals surface area contributed by atoms with Gasteiger partial charge in [-0.05, 0) is 31.1 Å². The third-order valence-corrected chi connectivity index (χ3v) is 2.64. The van der Waals surface area contributed by atoms with Crippen molar-refractivity contribution in [3.63, 3.8) is 0 Å². The Labute approximate surface area is 107 Å². The molecule has 0 amide bonds. The topological polar surface area (TPSA) is 47.6 Å². The van der Waals surface area contributed by atoms with E-state index < -0.39 is 19.4 Å². The molecule has 1 N–H and O–H groups in total. The van der Waals surface area contributed by atoms with Crippen molar-refractivity contribution >= 4 is 5.78 Å². The molecule has 0 spiro atoms. The van der Waals surface area contributed by atoms with Gasteiger partial charge in [0.25, 0.3) is 0 Å². The van der Waals surface area contributed by atoms with Crippen molar-refractivity contribution in [3.05, 3.63) is 23.8 Å². The highest BCUT2D eigenvalue weighted by Gasteiger charge is 2.20. The van der Waals surface area contributed by atoms with E-state index in [1.165, 1.54) is 0 Å². The maximum absolute atomic E-state index is 12.4. The fourth-order valence-electron chi connectivity index (χ4n) is 1.70. The molecule has 0 bridgehead atoms. The van der Waals surface area contributed by atoms with Crippen molar-refractivity contribution in [2.75, 3.05) is 13.3 Å². The van der Waals surface area contributed by atoms with Crippen LogP contribution < -0.4 is 14.8 Å². The Morgan fingerprint density at radius 2 is 2.41 bits per heavy atom. The lowest BCUT2D eigenvalue weighted by Gasteiger charge is -2.14. The van der Waals surface area contributed by atoms with Crippen LogP contribution in [0.15, 0.2) is 18.2 Å². The number of carbonyl (C=O) groups is 1. The first-order chi connectivity index (χ1) is 9.85. The Bertz CT molecular complexity index is 536. The minimum Gasteiger partial charge on any atom is -0.454 e. The lowest BCUT2D eigenvalue weighted by molar-refractivity contribution is 0.0941. The fourth-order valence-corrected chi connectivity index (χ4v) is 1.70. The van der Waals surface area contributed by atoms with Crippen molar-refractivity contribution < 1.29 is 19.8 Å². The number of nitrogens with one attached hydrogen (secondary N) is 1. The number of ether oxygens (including phenoxy) is 2. The Hall–Kier alpha value is -1.55. The van der Waals surface area contributed by atoms with Gasteiger partial charge in [0, 0.05) is 11.0 Å². The molecule has 1 atom stereocenters. The van der Waals surface area contributed by atoms with E-state index in [1.54, 1.807) is 25.1 Å². The first-order valence-electron chi connectivity index (χ1n) is 7.56. The molecule has 4 heteroatoms. The molecular weight excluding hydrogens is 218 g/mol. The second kappa shape index (κ2) is 5.19. The van der Waals surface area contributed by atoms with Gasteiger partial charge in [0.2, 0.25) is 6.79 Å². The first-order valence-corrected chi connectivity index (χ1v) is 5.41. The molecule has 1 heterocycles. The number of hydrogen-bond acceptors (Lipinski definition) is 4. The smallest absolute Gasteiger partial charge is 0.231 e. The van der Waals surface area contributed by atoms with E-state index in [0.717, 1.165) is 0 Å². The monoisotopic (exact) mass is 239 g/mol. The van der Waals surface area contributed by atoms with Gasteiger partial charge in [0.1, 0.15) is 0 Å². The van der Waals surface area contributed by atoms with Gasteiger partial charge in [0.05, 0.1) is 6.04 Å². The molecule has 0 radical (unpaired) electrons. The molecule has 4 nitrogen and oxygen atoms in total. The van der Waals surface area contributed by atoms with Crippen molar-refractivity contribution in [2.24, 2.45) is 0 Å². The number of likely N-dealkylation sites (N-methyl/N-ethyl adjacent to an activating group) is 1. The summed E-state index contributed by atoms with van der Waals surface area (Å²) in [4.78, 5) is 12.4. The molecule has 0 aromatic heterocycles. The Morgan fingerprint density at radius 3 is 3.18 bits per heavy atom. The third-order valence-electron chi connectivity index (χ3n) is 2.64. The van der Waals surface area contributed by atoms with Crippen molar-refractivity contribution in [2.45, 2.75) is 26.3 Å². The molecule has 0 saturated carbocycles. The number of ketones is 1. The molecule has 1 aliphatic heterocycles. The van der Waals surface area contributed by atoms with E-state index >= 15 is 0 Å². The summed E-state index contributed by atoms with van der Waals surface area (Å²) in [6.45, 7) is -2.13. The summed E-state index contributed by atoms with van der Waals surface area (Å²) in [5.41, 5.74) is 0.376. The normalized spacial score (nSPS) is 19.2. The van der Waals surface area contributed by atoms with Gasteiger partial charge in [-0.3, -0.25) is 4.79 Å². The van der Waals surface area contributed by atoms with Gasteiger partial charge < -0.3 is 14.8 Å². The zero-order valence-electron chi connectivity index (χ0n) is 13.5. The summed E-state index contributed by atoms with van der Waals surface area (Å²) in [7, 11) is 0. The Kier molecular flexibility index (Phi) is 2.35. The van der Waals surface area contributed by atoms with Crippen molar-refractivity contribution in [1.82, 2.24) is 5.32 Å². The van der Waals surface area contributed by atoms with E-state index in [9.17, 15) is 4.79 Å². The number of carbonyl (C=O) groups excluding carboxylic acids is 1. The molecule has 1 unspecified atom stereocenters. The minimum atomic E-state index is -2.26. The summed E-state index contributed by atoms with van der Waals surface area (Å²) in [5, 5.41) is 2.45. The van der Waals surface area contributed by atoms with Gasteiger partial charge >= 0.3 is 0 Å². The van der Waals surface area contributed by atoms with Gasteiger partial charge in [-0.25, -0.2) is 0 Å². The van der Waals surface area contributed by atoms with E-state index in [-0.39, 0.29) is 12.6 Å². The van der Waals surface area contributed by atoms with E-state index in [4.69, 9.17) is 15.0 Å². The molecule has 0 fully saturated rings. The molecule has 17 heavy (non-hydrogen) atoms. The Balaban J connectivity index is 2.17. The zero-order chi connectivity index (χ0) is 15.6. The van der Waals surface area contributed by atoms with Crippen LogP contribution in [0.3, 0.4) is 0 Å². The van der Waals surface area contributed by atoms with Crippen LogP contribution in [-0.4, -0.2) is 25.1 Å². The molecule has 1 aromatic rings. The Morgan fingerprint density at radius 1 is 1.59 bits per heavy atom. The third kappa shape index (κ3) is 2.42. The fraction of sp³-hybridized carbons (Fsp3) is 0.462. The summed E-state index contributed by atoms with van der Waals surface area (Å²) < 4.78 is 39.9. The highest BCUT2D eigenvalue weighted by atomic mass is 16.7. The van der Waals surface area contributed by atoms with Crippen LogP contribution in [0.5, 0.6) is 11.5 Å². The maximum Gasteiger partial charge on any atom is 0.231 e. The zero-order valence-corrected chi connectivity index (χ0v) is 9.53. The second-order valence-electron chi connectivity index (χ2n) is 3.68. The van der Waals surface area contributed by atoms with Crippen LogP contribution in [0.2, 0.25) is 0 Å². The summed E-state index contributed by atoms with van der Waals surface area (Å²) >= 11 is 0. The number of Topliss-reactive ketones (excluding diaryl/α,β-unsaturated/α-hetero) is 1. The largest absolute Gasteiger partial charge is 0.454 e. The predicted molar refractivity (Wildman–Crippen MR) is 64.7 cm³/mol. The lowest BCUT2D eigenvalue weighted by Crippen LogP contribution is -2.35. The highest BCUT2D eigenvalue weighted by Crippen LogP contribution is 2.32. The van der Waals surface area contributed by atoms with Crippen LogP contribution in [0.25, 0.3) is 0 Å². The predicted octanol–water partition coefficient (Wildman–Crippen LogP) is 1.99. The first kappa shape index (κ1) is 7.71. The van der Waals surface area contributed by atoms with Gasteiger partial charge in [-0.2, -0.15) is 0 Å². The number of rotatable bonds is 5. The quantitative estimate of drug-likeness (QED) is 0.798. The molecule has 1 aromatic carbocycles. The summed E-state index contributed by atoms with van der Waals surface area (Å²) in [6.07, 6.45) is 0.347. The van der Waals surface area contributed by atoms with Crippen LogP contribution in [0.4, 0.5) is 0 Å². The van der Waals surface area contributed by atoms with E-state index in [0.29, 0.717) is 23.5 Å². The molecule has 0 aliphatic carbocycles. The maximum atomic E-state index is 12.4. The van der Waals surface area contributed by atoms with E-state index in [1.807, 2.05) is 0 Å². The molecule has 2 rings (SSSR count). The van der Waals surface area contributed by atoms with E-state index in [2.05, 4.69) is 5.32 Å². The van der Waals surface area contributed by atoms with Crippen LogP contribution >= 0.6 is 0 Å². The van der Waals surface area contributed by atoms with Crippen LogP contribution in [0, 0.1) is 0 Å². The average Bonchev–Trinajstić information content (AvgIpc) is 2.91. The number of fused-ring (bicyclic) bond motifs is 1. The van der Waals surface area contributed by atoms with Crippen molar-refractivity contribution in [1.29, 1.82) is 0 Å². The van der Waals surface area contributed by atoms with Crippen molar-refractivity contribution in [3.8, 4) is 11.5 Å². The van der Waals surface area contributed by atoms with Crippen LogP contribution in [-0.2, 0) is 0 Å². The number of hydrogen-bond donors (Lipinski definition) is 1. The van der Waals surface area contributed by atoms with Gasteiger partial charge in [-0.15, -0.1) is 0 Å².